The minimum Gasteiger partial charge on any atom is -0.486 e. The van der Waals surface area contributed by atoms with Crippen LogP contribution in [-0.4, -0.2) is 36.9 Å². The molecule has 2 aromatic carbocycles. The van der Waals surface area contributed by atoms with Gasteiger partial charge in [0.15, 0.2) is 29.1 Å². The van der Waals surface area contributed by atoms with E-state index in [0.29, 0.717) is 19.7 Å². The number of benzene rings is 2. The second kappa shape index (κ2) is 9.08. The van der Waals surface area contributed by atoms with Gasteiger partial charge in [-0.3, -0.25) is 4.79 Å². The average Bonchev–Trinajstić information content (AvgIpc) is 3.13. The SMILES string of the molecule is O=C(C1CCCCCC1)N(Cc1cccc2c1OCO2)C[C@H]1COc2ccccc2O1. The first-order valence-electron chi connectivity index (χ1n) is 11.3. The summed E-state index contributed by atoms with van der Waals surface area (Å²) in [5.74, 6) is 3.26. The monoisotopic (exact) mass is 423 g/mol. The van der Waals surface area contributed by atoms with E-state index < -0.39 is 0 Å². The molecule has 2 heterocycles. The topological polar surface area (TPSA) is 57.2 Å². The number of amides is 1. The highest BCUT2D eigenvalue weighted by atomic mass is 16.7. The van der Waals surface area contributed by atoms with Crippen molar-refractivity contribution in [2.24, 2.45) is 5.92 Å². The summed E-state index contributed by atoms with van der Waals surface area (Å²) in [4.78, 5) is 15.6. The fourth-order valence-corrected chi connectivity index (χ4v) is 4.74. The normalized spacial score (nSPS) is 20.2. The number of carbonyl (C=O) groups excluding carboxylic acids is 1. The molecule has 6 heteroatoms. The Kier molecular flexibility index (Phi) is 5.87. The summed E-state index contributed by atoms with van der Waals surface area (Å²) in [5, 5.41) is 0. The van der Waals surface area contributed by atoms with Gasteiger partial charge in [-0.05, 0) is 31.0 Å². The fourth-order valence-electron chi connectivity index (χ4n) is 4.74. The van der Waals surface area contributed by atoms with Gasteiger partial charge in [0.1, 0.15) is 6.61 Å². The largest absolute Gasteiger partial charge is 0.486 e. The first-order chi connectivity index (χ1) is 15.3. The predicted molar refractivity (Wildman–Crippen MR) is 116 cm³/mol. The second-order valence-corrected chi connectivity index (χ2v) is 8.56. The molecule has 0 bridgehead atoms. The van der Waals surface area contributed by atoms with Gasteiger partial charge in [0.2, 0.25) is 12.7 Å². The smallest absolute Gasteiger partial charge is 0.231 e. The van der Waals surface area contributed by atoms with Gasteiger partial charge < -0.3 is 23.8 Å². The maximum Gasteiger partial charge on any atom is 0.231 e. The lowest BCUT2D eigenvalue weighted by molar-refractivity contribution is -0.138. The van der Waals surface area contributed by atoms with Gasteiger partial charge in [-0.2, -0.15) is 0 Å². The summed E-state index contributed by atoms with van der Waals surface area (Å²) in [6.07, 6.45) is 6.41. The van der Waals surface area contributed by atoms with E-state index in [0.717, 1.165) is 54.2 Å². The third-order valence-corrected chi connectivity index (χ3v) is 6.35. The van der Waals surface area contributed by atoms with Gasteiger partial charge in [0.25, 0.3) is 0 Å². The van der Waals surface area contributed by atoms with E-state index in [1.807, 2.05) is 47.4 Å². The molecule has 1 amide bonds. The molecule has 164 valence electrons. The molecule has 1 fully saturated rings. The molecule has 1 atom stereocenters. The Labute approximate surface area is 183 Å². The Morgan fingerprint density at radius 1 is 0.871 bits per heavy atom. The molecule has 2 aliphatic heterocycles. The van der Waals surface area contributed by atoms with Gasteiger partial charge in [-0.25, -0.2) is 0 Å². The third-order valence-electron chi connectivity index (χ3n) is 6.35. The van der Waals surface area contributed by atoms with Crippen molar-refractivity contribution in [1.29, 1.82) is 0 Å². The van der Waals surface area contributed by atoms with Crippen molar-refractivity contribution in [3.63, 3.8) is 0 Å². The average molecular weight is 424 g/mol. The van der Waals surface area contributed by atoms with Gasteiger partial charge in [-0.1, -0.05) is 49.9 Å². The molecule has 0 spiro atoms. The molecule has 3 aliphatic rings. The van der Waals surface area contributed by atoms with E-state index in [9.17, 15) is 4.79 Å². The van der Waals surface area contributed by atoms with E-state index in [4.69, 9.17) is 18.9 Å². The minimum absolute atomic E-state index is 0.0771. The number of fused-ring (bicyclic) bond motifs is 2. The quantitative estimate of drug-likeness (QED) is 0.660. The van der Waals surface area contributed by atoms with Crippen molar-refractivity contribution >= 4 is 5.91 Å². The highest BCUT2D eigenvalue weighted by Crippen LogP contribution is 2.37. The van der Waals surface area contributed by atoms with Crippen LogP contribution in [0.15, 0.2) is 42.5 Å². The zero-order valence-corrected chi connectivity index (χ0v) is 17.8. The predicted octanol–water partition coefficient (Wildman–Crippen LogP) is 4.55. The maximum atomic E-state index is 13.6. The van der Waals surface area contributed by atoms with Crippen molar-refractivity contribution in [2.75, 3.05) is 19.9 Å². The zero-order valence-electron chi connectivity index (χ0n) is 17.8. The summed E-state index contributed by atoms with van der Waals surface area (Å²) in [7, 11) is 0. The molecule has 6 nitrogen and oxygen atoms in total. The summed E-state index contributed by atoms with van der Waals surface area (Å²) in [6, 6.07) is 13.5. The number of hydrogen-bond acceptors (Lipinski definition) is 5. The van der Waals surface area contributed by atoms with Crippen LogP contribution >= 0.6 is 0 Å². The van der Waals surface area contributed by atoms with Crippen molar-refractivity contribution in [3.8, 4) is 23.0 Å². The molecule has 31 heavy (non-hydrogen) atoms. The van der Waals surface area contributed by atoms with E-state index in [-0.39, 0.29) is 24.7 Å². The van der Waals surface area contributed by atoms with Crippen LogP contribution in [0.1, 0.15) is 44.1 Å². The molecule has 1 saturated carbocycles. The van der Waals surface area contributed by atoms with Gasteiger partial charge in [0.05, 0.1) is 6.54 Å². The molecule has 0 aromatic heterocycles. The van der Waals surface area contributed by atoms with Crippen molar-refractivity contribution in [3.05, 3.63) is 48.0 Å². The van der Waals surface area contributed by atoms with Crippen molar-refractivity contribution in [2.45, 2.75) is 51.2 Å². The van der Waals surface area contributed by atoms with Gasteiger partial charge in [0, 0.05) is 18.0 Å². The van der Waals surface area contributed by atoms with Crippen LogP contribution in [0.25, 0.3) is 0 Å². The Balaban J connectivity index is 1.36. The van der Waals surface area contributed by atoms with Crippen LogP contribution in [0.2, 0.25) is 0 Å². The Hall–Kier alpha value is -2.89. The van der Waals surface area contributed by atoms with Crippen LogP contribution in [0.5, 0.6) is 23.0 Å². The second-order valence-electron chi connectivity index (χ2n) is 8.56. The molecule has 1 aliphatic carbocycles. The number of hydrogen-bond donors (Lipinski definition) is 0. The van der Waals surface area contributed by atoms with E-state index >= 15 is 0 Å². The third kappa shape index (κ3) is 4.43. The molecule has 0 unspecified atom stereocenters. The maximum absolute atomic E-state index is 13.6. The van der Waals surface area contributed by atoms with Crippen LogP contribution in [-0.2, 0) is 11.3 Å². The number of carbonyl (C=O) groups is 1. The van der Waals surface area contributed by atoms with Crippen LogP contribution in [0, 0.1) is 5.92 Å². The minimum atomic E-state index is -0.210. The Morgan fingerprint density at radius 3 is 2.48 bits per heavy atom. The van der Waals surface area contributed by atoms with Gasteiger partial charge >= 0.3 is 0 Å². The number of ether oxygens (including phenoxy) is 4. The number of nitrogens with zero attached hydrogens (tertiary/aromatic N) is 1. The molecular formula is C25H29NO5. The lowest BCUT2D eigenvalue weighted by Gasteiger charge is -2.33. The number of para-hydroxylation sites is 3. The first-order valence-corrected chi connectivity index (χ1v) is 11.3. The molecule has 0 saturated heterocycles. The Bertz CT molecular complexity index is 922. The molecule has 2 aromatic rings. The highest BCUT2D eigenvalue weighted by molar-refractivity contribution is 5.79. The van der Waals surface area contributed by atoms with E-state index in [1.165, 1.54) is 12.8 Å². The van der Waals surface area contributed by atoms with Crippen molar-refractivity contribution in [1.82, 2.24) is 4.90 Å². The molecule has 0 radical (unpaired) electrons. The van der Waals surface area contributed by atoms with Crippen molar-refractivity contribution < 1.29 is 23.7 Å². The highest BCUT2D eigenvalue weighted by Gasteiger charge is 2.31. The number of rotatable bonds is 5. The lowest BCUT2D eigenvalue weighted by atomic mass is 9.98. The van der Waals surface area contributed by atoms with Crippen LogP contribution in [0.4, 0.5) is 0 Å². The molecular weight excluding hydrogens is 394 g/mol. The summed E-state index contributed by atoms with van der Waals surface area (Å²) < 4.78 is 23.3. The summed E-state index contributed by atoms with van der Waals surface area (Å²) in [6.45, 7) is 1.61. The lowest BCUT2D eigenvalue weighted by Crippen LogP contribution is -2.45. The Morgan fingerprint density at radius 2 is 1.65 bits per heavy atom. The summed E-state index contributed by atoms with van der Waals surface area (Å²) in [5.41, 5.74) is 0.967. The molecule has 5 rings (SSSR count). The fraction of sp³-hybridized carbons (Fsp3) is 0.480. The van der Waals surface area contributed by atoms with E-state index in [1.54, 1.807) is 0 Å². The summed E-state index contributed by atoms with van der Waals surface area (Å²) >= 11 is 0. The zero-order chi connectivity index (χ0) is 21.0. The standard InChI is InChI=1S/C25H29NO5/c27-25(18-8-3-1-2-4-9-18)26(14-19-10-7-13-23-24(19)30-17-29-23)15-20-16-28-21-11-5-6-12-22(21)31-20/h5-7,10-13,18,20H,1-4,8-9,14-17H2/t20-/m0/s1. The van der Waals surface area contributed by atoms with Crippen LogP contribution in [0.3, 0.4) is 0 Å². The molecule has 0 N–H and O–H groups in total. The van der Waals surface area contributed by atoms with E-state index in [2.05, 4.69) is 0 Å². The van der Waals surface area contributed by atoms with Gasteiger partial charge in [-0.15, -0.1) is 0 Å². The first kappa shape index (κ1) is 20.0. The van der Waals surface area contributed by atoms with Crippen LogP contribution < -0.4 is 18.9 Å².